The highest BCUT2D eigenvalue weighted by atomic mass is 16.6. The molecule has 1 aliphatic rings. The van der Waals surface area contributed by atoms with Gasteiger partial charge in [-0.25, -0.2) is 9.80 Å². The Bertz CT molecular complexity index is 848. The summed E-state index contributed by atoms with van der Waals surface area (Å²) in [5.41, 5.74) is 2.77. The van der Waals surface area contributed by atoms with Crippen LogP contribution in [0.1, 0.15) is 37.4 Å². The predicted molar refractivity (Wildman–Crippen MR) is 101 cm³/mol. The van der Waals surface area contributed by atoms with E-state index in [2.05, 4.69) is 5.10 Å². The van der Waals surface area contributed by atoms with Crippen LogP contribution < -0.4 is 4.74 Å². The molecule has 140 valence electrons. The van der Waals surface area contributed by atoms with Crippen molar-refractivity contribution in [2.45, 2.75) is 26.3 Å². The molecule has 0 N–H and O–H groups in total. The molecule has 0 unspecified atom stereocenters. The third kappa shape index (κ3) is 4.53. The van der Waals surface area contributed by atoms with Crippen molar-refractivity contribution < 1.29 is 19.1 Å². The van der Waals surface area contributed by atoms with Crippen LogP contribution in [-0.2, 0) is 14.3 Å². The predicted octanol–water partition coefficient (Wildman–Crippen LogP) is 3.33. The molecule has 27 heavy (non-hydrogen) atoms. The van der Waals surface area contributed by atoms with Gasteiger partial charge in [0.2, 0.25) is 5.91 Å². The Hall–Kier alpha value is -3.15. The monoisotopic (exact) mass is 366 g/mol. The summed E-state index contributed by atoms with van der Waals surface area (Å²) in [4.78, 5) is 23.6. The lowest BCUT2D eigenvalue weighted by atomic mass is 9.98. The van der Waals surface area contributed by atoms with E-state index < -0.39 is 5.97 Å². The van der Waals surface area contributed by atoms with E-state index in [0.29, 0.717) is 18.8 Å². The molecule has 6 nitrogen and oxygen atoms in total. The maximum Gasteiger partial charge on any atom is 0.344 e. The normalized spacial score (nSPS) is 16.0. The second kappa shape index (κ2) is 8.49. The van der Waals surface area contributed by atoms with Gasteiger partial charge in [-0.15, -0.1) is 0 Å². The zero-order valence-corrected chi connectivity index (χ0v) is 15.4. The lowest BCUT2D eigenvalue weighted by Crippen LogP contribution is -2.24. The van der Waals surface area contributed by atoms with Gasteiger partial charge in [-0.1, -0.05) is 42.5 Å². The highest BCUT2D eigenvalue weighted by Crippen LogP contribution is 2.34. The molecule has 0 fully saturated rings. The van der Waals surface area contributed by atoms with E-state index in [1.807, 2.05) is 48.5 Å². The van der Waals surface area contributed by atoms with Crippen LogP contribution in [-0.4, -0.2) is 35.8 Å². The van der Waals surface area contributed by atoms with Crippen LogP contribution in [0.4, 0.5) is 0 Å². The minimum Gasteiger partial charge on any atom is -0.482 e. The summed E-state index contributed by atoms with van der Waals surface area (Å²) in [6.45, 7) is 3.42. The number of carbonyl (C=O) groups excluding carboxylic acids is 2. The summed E-state index contributed by atoms with van der Waals surface area (Å²) < 4.78 is 10.4. The van der Waals surface area contributed by atoms with Crippen molar-refractivity contribution in [3.63, 3.8) is 0 Å². The Kier molecular flexibility index (Phi) is 5.86. The van der Waals surface area contributed by atoms with Crippen LogP contribution in [0.25, 0.3) is 0 Å². The third-order valence-corrected chi connectivity index (χ3v) is 4.24. The smallest absolute Gasteiger partial charge is 0.344 e. The minimum atomic E-state index is -0.413. The maximum absolute atomic E-state index is 12.1. The van der Waals surface area contributed by atoms with E-state index in [-0.39, 0.29) is 18.6 Å². The maximum atomic E-state index is 12.1. The van der Waals surface area contributed by atoms with Crippen LogP contribution in [0.3, 0.4) is 0 Å². The molecular weight excluding hydrogens is 344 g/mol. The largest absolute Gasteiger partial charge is 0.482 e. The molecule has 6 heteroatoms. The third-order valence-electron chi connectivity index (χ3n) is 4.24. The van der Waals surface area contributed by atoms with E-state index >= 15 is 0 Å². The van der Waals surface area contributed by atoms with Gasteiger partial charge in [-0.3, -0.25) is 4.79 Å². The number of benzene rings is 2. The Labute approximate surface area is 158 Å². The molecular formula is C21H22N2O4. The molecule has 0 saturated heterocycles. The fourth-order valence-electron chi connectivity index (χ4n) is 3.02. The van der Waals surface area contributed by atoms with E-state index in [0.717, 1.165) is 16.8 Å². The zero-order valence-electron chi connectivity index (χ0n) is 15.4. The van der Waals surface area contributed by atoms with Gasteiger partial charge in [0.1, 0.15) is 5.75 Å². The van der Waals surface area contributed by atoms with Crippen LogP contribution in [0, 0.1) is 0 Å². The minimum absolute atomic E-state index is 0.122. The standard InChI is InChI=1S/C21H22N2O4/c1-3-26-21(25)14-27-18-11-7-10-17(12-18)20-13-19(22-23(20)15(2)24)16-8-5-4-6-9-16/h4-12,20H,3,13-14H2,1-2H3/t20-/m0/s1. The highest BCUT2D eigenvalue weighted by Gasteiger charge is 2.31. The van der Waals surface area contributed by atoms with Crippen molar-refractivity contribution in [1.82, 2.24) is 5.01 Å². The molecule has 1 amide bonds. The van der Waals surface area contributed by atoms with Crippen molar-refractivity contribution in [3.05, 3.63) is 65.7 Å². The van der Waals surface area contributed by atoms with Gasteiger partial charge in [0.15, 0.2) is 6.61 Å². The fraction of sp³-hybridized carbons (Fsp3) is 0.286. The summed E-state index contributed by atoms with van der Waals surface area (Å²) >= 11 is 0. The van der Waals surface area contributed by atoms with Crippen LogP contribution in [0.5, 0.6) is 5.75 Å². The average Bonchev–Trinajstić information content (AvgIpc) is 3.13. The van der Waals surface area contributed by atoms with E-state index in [9.17, 15) is 9.59 Å². The summed E-state index contributed by atoms with van der Waals surface area (Å²) in [5.74, 6) is 0.0184. The first-order valence-electron chi connectivity index (χ1n) is 8.89. The molecule has 2 aromatic carbocycles. The molecule has 0 saturated carbocycles. The molecule has 3 rings (SSSR count). The van der Waals surface area contributed by atoms with Crippen molar-refractivity contribution in [2.24, 2.45) is 5.10 Å². The number of rotatable bonds is 6. The Morgan fingerprint density at radius 2 is 1.93 bits per heavy atom. The molecule has 0 spiro atoms. The summed E-state index contributed by atoms with van der Waals surface area (Å²) in [6, 6.07) is 17.0. The van der Waals surface area contributed by atoms with Crippen molar-refractivity contribution in [3.8, 4) is 5.75 Å². The van der Waals surface area contributed by atoms with Crippen molar-refractivity contribution >= 4 is 17.6 Å². The lowest BCUT2D eigenvalue weighted by molar-refractivity contribution is -0.145. The first kappa shape index (κ1) is 18.6. The second-order valence-electron chi connectivity index (χ2n) is 6.16. The zero-order chi connectivity index (χ0) is 19.2. The Morgan fingerprint density at radius 1 is 1.15 bits per heavy atom. The lowest BCUT2D eigenvalue weighted by Gasteiger charge is -2.21. The van der Waals surface area contributed by atoms with E-state index in [1.165, 1.54) is 11.9 Å². The second-order valence-corrected chi connectivity index (χ2v) is 6.16. The quantitative estimate of drug-likeness (QED) is 0.736. The van der Waals surface area contributed by atoms with Gasteiger partial charge in [0.05, 0.1) is 18.4 Å². The Balaban J connectivity index is 1.78. The van der Waals surface area contributed by atoms with E-state index in [1.54, 1.807) is 13.0 Å². The number of hydrazone groups is 1. The highest BCUT2D eigenvalue weighted by molar-refractivity contribution is 6.03. The van der Waals surface area contributed by atoms with Crippen molar-refractivity contribution in [1.29, 1.82) is 0 Å². The summed E-state index contributed by atoms with van der Waals surface area (Å²) in [7, 11) is 0. The van der Waals surface area contributed by atoms with Gasteiger partial charge >= 0.3 is 5.97 Å². The molecule has 1 heterocycles. The average molecular weight is 366 g/mol. The van der Waals surface area contributed by atoms with Crippen molar-refractivity contribution in [2.75, 3.05) is 13.2 Å². The van der Waals surface area contributed by atoms with Gasteiger partial charge in [-0.05, 0) is 30.2 Å². The van der Waals surface area contributed by atoms with Crippen LogP contribution >= 0.6 is 0 Å². The topological polar surface area (TPSA) is 68.2 Å². The summed E-state index contributed by atoms with van der Waals surface area (Å²) in [5, 5.41) is 6.04. The summed E-state index contributed by atoms with van der Waals surface area (Å²) in [6.07, 6.45) is 0.616. The van der Waals surface area contributed by atoms with Crippen LogP contribution in [0.2, 0.25) is 0 Å². The Morgan fingerprint density at radius 3 is 2.63 bits per heavy atom. The molecule has 1 aliphatic heterocycles. The number of hydrogen-bond donors (Lipinski definition) is 0. The van der Waals surface area contributed by atoms with Gasteiger partial charge in [0, 0.05) is 13.3 Å². The molecule has 0 aromatic heterocycles. The fourth-order valence-corrected chi connectivity index (χ4v) is 3.02. The number of ether oxygens (including phenoxy) is 2. The van der Waals surface area contributed by atoms with Gasteiger partial charge in [-0.2, -0.15) is 5.10 Å². The van der Waals surface area contributed by atoms with Gasteiger partial charge in [0.25, 0.3) is 0 Å². The van der Waals surface area contributed by atoms with Crippen LogP contribution in [0.15, 0.2) is 59.7 Å². The SMILES string of the molecule is CCOC(=O)COc1cccc([C@@H]2CC(c3ccccc3)=NN2C(C)=O)c1. The number of carbonyl (C=O) groups is 2. The molecule has 0 aliphatic carbocycles. The molecule has 2 aromatic rings. The number of hydrogen-bond acceptors (Lipinski definition) is 5. The molecule has 0 radical (unpaired) electrons. The van der Waals surface area contributed by atoms with Gasteiger partial charge < -0.3 is 9.47 Å². The molecule has 0 bridgehead atoms. The number of nitrogens with zero attached hydrogens (tertiary/aromatic N) is 2. The first-order chi connectivity index (χ1) is 13.1. The first-order valence-corrected chi connectivity index (χ1v) is 8.89. The molecule has 1 atom stereocenters. The number of esters is 1. The number of amides is 1. The van der Waals surface area contributed by atoms with E-state index in [4.69, 9.17) is 9.47 Å².